The number of rotatable bonds is 5. The van der Waals surface area contributed by atoms with E-state index in [-0.39, 0.29) is 17.8 Å². The molecule has 1 amide bonds. The molecule has 1 aliphatic heterocycles. The van der Waals surface area contributed by atoms with Gasteiger partial charge in [0.2, 0.25) is 0 Å². The summed E-state index contributed by atoms with van der Waals surface area (Å²) < 4.78 is 5.33. The van der Waals surface area contributed by atoms with Crippen LogP contribution >= 0.6 is 0 Å². The van der Waals surface area contributed by atoms with Crippen molar-refractivity contribution in [2.45, 2.75) is 25.4 Å². The van der Waals surface area contributed by atoms with Crippen molar-refractivity contribution in [3.05, 3.63) is 35.7 Å². The van der Waals surface area contributed by atoms with Crippen LogP contribution in [-0.2, 0) is 4.74 Å². The van der Waals surface area contributed by atoms with Gasteiger partial charge in [-0.1, -0.05) is 6.07 Å². The molecule has 0 bridgehead atoms. The second kappa shape index (κ2) is 7.41. The van der Waals surface area contributed by atoms with Crippen molar-refractivity contribution in [3.8, 4) is 0 Å². The van der Waals surface area contributed by atoms with Gasteiger partial charge in [0.1, 0.15) is 5.82 Å². The third-order valence-corrected chi connectivity index (χ3v) is 3.91. The number of nitrogens with zero attached hydrogens (tertiary/aromatic N) is 3. The summed E-state index contributed by atoms with van der Waals surface area (Å²) in [7, 11) is 0. The van der Waals surface area contributed by atoms with Crippen molar-refractivity contribution in [2.75, 3.05) is 23.8 Å². The highest BCUT2D eigenvalue weighted by molar-refractivity contribution is 5.97. The molecule has 25 heavy (non-hydrogen) atoms. The van der Waals surface area contributed by atoms with Crippen LogP contribution in [0.4, 0.5) is 17.3 Å². The zero-order valence-corrected chi connectivity index (χ0v) is 13.9. The summed E-state index contributed by atoms with van der Waals surface area (Å²) in [5.74, 6) is 0.420. The monoisotopic (exact) mass is 343 g/mol. The standard InChI is InChI=1S/C16H21N7O2/c1-9-3-2-4-13(19-9)21-12-7-14(22-23-15(12)16(18)24)20-11-5-6-25-8-10(11)17/h2-4,7,10-11H,5-6,8,17H2,1H3,(H2,18,24)(H2,19,20,21,22). The molecule has 2 aromatic rings. The van der Waals surface area contributed by atoms with Gasteiger partial charge in [0.25, 0.3) is 5.91 Å². The quantitative estimate of drug-likeness (QED) is 0.617. The van der Waals surface area contributed by atoms with E-state index in [1.807, 2.05) is 19.1 Å². The predicted octanol–water partition coefficient (Wildman–Crippen LogP) is 0.551. The molecule has 1 fully saturated rings. The lowest BCUT2D eigenvalue weighted by atomic mass is 10.0. The smallest absolute Gasteiger partial charge is 0.271 e. The van der Waals surface area contributed by atoms with Crippen molar-refractivity contribution in [1.29, 1.82) is 0 Å². The number of aryl methyl sites for hydroxylation is 1. The summed E-state index contributed by atoms with van der Waals surface area (Å²) in [4.78, 5) is 16.0. The number of nitrogens with one attached hydrogen (secondary N) is 2. The highest BCUT2D eigenvalue weighted by atomic mass is 16.5. The van der Waals surface area contributed by atoms with E-state index in [1.54, 1.807) is 12.1 Å². The summed E-state index contributed by atoms with van der Waals surface area (Å²) in [5, 5.41) is 14.3. The van der Waals surface area contributed by atoms with E-state index < -0.39 is 5.91 Å². The zero-order chi connectivity index (χ0) is 17.8. The van der Waals surface area contributed by atoms with E-state index in [0.29, 0.717) is 30.5 Å². The average molecular weight is 343 g/mol. The molecule has 0 spiro atoms. The Labute approximate surface area is 145 Å². The summed E-state index contributed by atoms with van der Waals surface area (Å²) in [6, 6.07) is 7.10. The van der Waals surface area contributed by atoms with Gasteiger partial charge in [-0.3, -0.25) is 4.79 Å². The SMILES string of the molecule is Cc1cccc(Nc2cc(NC3CCOCC3N)nnc2C(N)=O)n1. The van der Waals surface area contributed by atoms with Gasteiger partial charge in [-0.25, -0.2) is 4.98 Å². The molecule has 9 heteroatoms. The molecule has 3 rings (SSSR count). The summed E-state index contributed by atoms with van der Waals surface area (Å²) >= 11 is 0. The van der Waals surface area contributed by atoms with Crippen molar-refractivity contribution in [1.82, 2.24) is 15.2 Å². The molecule has 1 saturated heterocycles. The highest BCUT2D eigenvalue weighted by Gasteiger charge is 2.23. The van der Waals surface area contributed by atoms with Crippen LogP contribution in [0.15, 0.2) is 24.3 Å². The fraction of sp³-hybridized carbons (Fsp3) is 0.375. The van der Waals surface area contributed by atoms with Crippen molar-refractivity contribution in [3.63, 3.8) is 0 Å². The number of primary amides is 1. The van der Waals surface area contributed by atoms with Crippen molar-refractivity contribution in [2.24, 2.45) is 11.5 Å². The summed E-state index contributed by atoms with van der Waals surface area (Å²) in [6.45, 7) is 3.00. The maximum Gasteiger partial charge on any atom is 0.271 e. The second-order valence-corrected chi connectivity index (χ2v) is 5.92. The number of carbonyl (C=O) groups excluding carboxylic acids is 1. The Morgan fingerprint density at radius 3 is 2.88 bits per heavy atom. The Balaban J connectivity index is 1.85. The fourth-order valence-corrected chi connectivity index (χ4v) is 2.62. The molecule has 2 aromatic heterocycles. The first-order chi connectivity index (χ1) is 12.0. The number of anilines is 3. The van der Waals surface area contributed by atoms with E-state index in [9.17, 15) is 4.79 Å². The normalized spacial score (nSPS) is 20.1. The Hall–Kier alpha value is -2.78. The van der Waals surface area contributed by atoms with Gasteiger partial charge in [-0.2, -0.15) is 0 Å². The first kappa shape index (κ1) is 17.1. The van der Waals surface area contributed by atoms with E-state index in [1.165, 1.54) is 0 Å². The lowest BCUT2D eigenvalue weighted by Gasteiger charge is -2.29. The Morgan fingerprint density at radius 2 is 2.16 bits per heavy atom. The molecular formula is C16H21N7O2. The maximum atomic E-state index is 11.6. The van der Waals surface area contributed by atoms with E-state index in [0.717, 1.165) is 12.1 Å². The Bertz CT molecular complexity index is 768. The van der Waals surface area contributed by atoms with Crippen LogP contribution in [0.1, 0.15) is 22.6 Å². The molecule has 0 radical (unpaired) electrons. The van der Waals surface area contributed by atoms with Gasteiger partial charge in [0, 0.05) is 30.5 Å². The third kappa shape index (κ3) is 4.20. The molecule has 2 unspecified atom stereocenters. The summed E-state index contributed by atoms with van der Waals surface area (Å²) in [5.41, 5.74) is 12.8. The minimum Gasteiger partial charge on any atom is -0.380 e. The van der Waals surface area contributed by atoms with Gasteiger partial charge in [0.15, 0.2) is 11.5 Å². The Morgan fingerprint density at radius 1 is 1.32 bits per heavy atom. The Kier molecular flexibility index (Phi) is 5.05. The number of hydrogen-bond donors (Lipinski definition) is 4. The van der Waals surface area contributed by atoms with Gasteiger partial charge in [-0.15, -0.1) is 10.2 Å². The van der Waals surface area contributed by atoms with Crippen LogP contribution in [0, 0.1) is 6.92 Å². The molecule has 132 valence electrons. The molecule has 0 aliphatic carbocycles. The minimum atomic E-state index is -0.669. The molecule has 6 N–H and O–H groups in total. The van der Waals surface area contributed by atoms with Gasteiger partial charge in [-0.05, 0) is 25.5 Å². The number of hydrogen-bond acceptors (Lipinski definition) is 8. The topological polar surface area (TPSA) is 141 Å². The molecule has 9 nitrogen and oxygen atoms in total. The molecular weight excluding hydrogens is 322 g/mol. The molecule has 1 aliphatic rings. The summed E-state index contributed by atoms with van der Waals surface area (Å²) in [6.07, 6.45) is 0.766. The van der Waals surface area contributed by atoms with Crippen LogP contribution in [0.5, 0.6) is 0 Å². The van der Waals surface area contributed by atoms with Crippen molar-refractivity contribution >= 4 is 23.2 Å². The average Bonchev–Trinajstić information content (AvgIpc) is 2.57. The van der Waals surface area contributed by atoms with Crippen LogP contribution in [0.2, 0.25) is 0 Å². The maximum absolute atomic E-state index is 11.6. The fourth-order valence-electron chi connectivity index (χ4n) is 2.62. The third-order valence-electron chi connectivity index (χ3n) is 3.91. The van der Waals surface area contributed by atoms with Crippen LogP contribution in [0.25, 0.3) is 0 Å². The highest BCUT2D eigenvalue weighted by Crippen LogP contribution is 2.22. The van der Waals surface area contributed by atoms with Crippen LogP contribution in [0.3, 0.4) is 0 Å². The first-order valence-corrected chi connectivity index (χ1v) is 8.01. The van der Waals surface area contributed by atoms with E-state index >= 15 is 0 Å². The lowest BCUT2D eigenvalue weighted by Crippen LogP contribution is -2.47. The number of pyridine rings is 1. The molecule has 2 atom stereocenters. The number of ether oxygens (including phenoxy) is 1. The van der Waals surface area contributed by atoms with E-state index in [2.05, 4.69) is 25.8 Å². The van der Waals surface area contributed by atoms with Crippen molar-refractivity contribution < 1.29 is 9.53 Å². The molecule has 0 saturated carbocycles. The number of amides is 1. The number of nitrogens with two attached hydrogens (primary N) is 2. The van der Waals surface area contributed by atoms with E-state index in [4.69, 9.17) is 16.2 Å². The molecule has 0 aromatic carbocycles. The van der Waals surface area contributed by atoms with Crippen LogP contribution in [-0.4, -0.2) is 46.4 Å². The largest absolute Gasteiger partial charge is 0.380 e. The lowest BCUT2D eigenvalue weighted by molar-refractivity contribution is 0.0751. The number of carbonyl (C=O) groups is 1. The van der Waals surface area contributed by atoms with Gasteiger partial charge in [0.05, 0.1) is 12.3 Å². The second-order valence-electron chi connectivity index (χ2n) is 5.92. The van der Waals surface area contributed by atoms with Crippen LogP contribution < -0.4 is 22.1 Å². The predicted molar refractivity (Wildman–Crippen MR) is 93.6 cm³/mol. The van der Waals surface area contributed by atoms with Gasteiger partial charge < -0.3 is 26.8 Å². The first-order valence-electron chi connectivity index (χ1n) is 8.01. The van der Waals surface area contributed by atoms with Gasteiger partial charge >= 0.3 is 0 Å². The number of aromatic nitrogens is 3. The molecule has 3 heterocycles. The minimum absolute atomic E-state index is 0.0208. The zero-order valence-electron chi connectivity index (χ0n) is 13.9.